The van der Waals surface area contributed by atoms with Crippen molar-refractivity contribution < 1.29 is 14.7 Å². The Morgan fingerprint density at radius 2 is 1.89 bits per heavy atom. The third-order valence-corrected chi connectivity index (χ3v) is 7.07. The summed E-state index contributed by atoms with van der Waals surface area (Å²) in [4.78, 5) is 18.3. The summed E-state index contributed by atoms with van der Waals surface area (Å²) in [5, 5.41) is 15.0. The topological polar surface area (TPSA) is 58.9 Å². The zero-order chi connectivity index (χ0) is 20.4. The smallest absolute Gasteiger partial charge is 0.168 e. The number of halogens is 1. The Morgan fingerprint density at radius 3 is 2.54 bits per heavy atom. The van der Waals surface area contributed by atoms with Crippen LogP contribution in [0, 0.1) is 13.8 Å². The van der Waals surface area contributed by atoms with Crippen LogP contribution in [0.5, 0.6) is 0 Å². The molecule has 2 aliphatic rings. The molecule has 3 rings (SSSR count). The van der Waals surface area contributed by atoms with E-state index < -0.39 is 0 Å². The molecule has 1 atom stereocenters. The quantitative estimate of drug-likeness (QED) is 0.429. The first-order chi connectivity index (χ1) is 13.4. The number of Topliss-reactive ketones (excluding diaryl/α,β-unsaturated/α-hetero) is 1. The molecule has 0 saturated carbocycles. The molecule has 2 aliphatic carbocycles. The number of ketones is 1. The molecule has 5 heteroatoms. The van der Waals surface area contributed by atoms with Crippen molar-refractivity contribution in [2.75, 3.05) is 6.61 Å². The SMILES string of the molecule is CCC/C(=N\OCC)C1=C(O)CC(c2c(Br)c(C)c(C)c3c2CCC3)CC1=O. The first-order valence-electron chi connectivity index (χ1n) is 10.3. The summed E-state index contributed by atoms with van der Waals surface area (Å²) in [6, 6.07) is 0. The fraction of sp³-hybridized carbons (Fsp3) is 0.565. The van der Waals surface area contributed by atoms with Crippen molar-refractivity contribution in [1.82, 2.24) is 0 Å². The van der Waals surface area contributed by atoms with Crippen molar-refractivity contribution in [3.05, 3.63) is 43.6 Å². The summed E-state index contributed by atoms with van der Waals surface area (Å²) in [6.45, 7) is 8.67. The van der Waals surface area contributed by atoms with Gasteiger partial charge in [0.1, 0.15) is 12.4 Å². The van der Waals surface area contributed by atoms with E-state index in [0.29, 0.717) is 37.2 Å². The second kappa shape index (κ2) is 8.81. The zero-order valence-corrected chi connectivity index (χ0v) is 18.9. The molecular weight excluding hydrogens is 418 g/mol. The van der Waals surface area contributed by atoms with Gasteiger partial charge in [-0.2, -0.15) is 0 Å². The zero-order valence-electron chi connectivity index (χ0n) is 17.3. The van der Waals surface area contributed by atoms with Gasteiger partial charge in [0.2, 0.25) is 0 Å². The van der Waals surface area contributed by atoms with Crippen LogP contribution in [-0.2, 0) is 22.5 Å². The van der Waals surface area contributed by atoms with Crippen molar-refractivity contribution in [2.24, 2.45) is 5.16 Å². The molecule has 0 heterocycles. The maximum absolute atomic E-state index is 13.1. The van der Waals surface area contributed by atoms with Crippen molar-refractivity contribution in [1.29, 1.82) is 0 Å². The molecule has 0 spiro atoms. The number of carbonyl (C=O) groups excluding carboxylic acids is 1. The number of hydrogen-bond donors (Lipinski definition) is 1. The highest BCUT2D eigenvalue weighted by molar-refractivity contribution is 9.10. The molecule has 1 unspecified atom stereocenters. The van der Waals surface area contributed by atoms with E-state index in [2.05, 4.69) is 34.9 Å². The Bertz CT molecular complexity index is 854. The van der Waals surface area contributed by atoms with Crippen LogP contribution in [0.3, 0.4) is 0 Å². The summed E-state index contributed by atoms with van der Waals surface area (Å²) in [5.41, 5.74) is 7.63. The average molecular weight is 448 g/mol. The number of nitrogens with zero attached hydrogens (tertiary/aromatic N) is 1. The number of benzene rings is 1. The molecule has 152 valence electrons. The van der Waals surface area contributed by atoms with Crippen LogP contribution in [0.25, 0.3) is 0 Å². The molecular formula is C23H30BrNO3. The Hall–Kier alpha value is -1.62. The Morgan fingerprint density at radius 1 is 1.18 bits per heavy atom. The summed E-state index contributed by atoms with van der Waals surface area (Å²) in [6.07, 6.45) is 5.67. The molecule has 4 nitrogen and oxygen atoms in total. The second-order valence-corrected chi connectivity index (χ2v) is 8.64. The predicted octanol–water partition coefficient (Wildman–Crippen LogP) is 6.01. The van der Waals surface area contributed by atoms with Crippen LogP contribution in [0.4, 0.5) is 0 Å². The molecule has 0 fully saturated rings. The maximum atomic E-state index is 13.1. The Kier molecular flexibility index (Phi) is 6.64. The van der Waals surface area contributed by atoms with Gasteiger partial charge in [-0.15, -0.1) is 0 Å². The normalized spacial score (nSPS) is 20.0. The Labute approximate surface area is 176 Å². The van der Waals surface area contributed by atoms with E-state index in [9.17, 15) is 9.90 Å². The van der Waals surface area contributed by atoms with Crippen molar-refractivity contribution in [3.63, 3.8) is 0 Å². The van der Waals surface area contributed by atoms with Crippen LogP contribution in [0.15, 0.2) is 21.0 Å². The number of fused-ring (bicyclic) bond motifs is 1. The molecule has 1 aromatic carbocycles. The number of hydrogen-bond acceptors (Lipinski definition) is 4. The lowest BCUT2D eigenvalue weighted by Gasteiger charge is -2.28. The highest BCUT2D eigenvalue weighted by Gasteiger charge is 2.35. The first-order valence-corrected chi connectivity index (χ1v) is 11.1. The van der Waals surface area contributed by atoms with E-state index in [1.165, 1.54) is 27.8 Å². The molecule has 0 amide bonds. The van der Waals surface area contributed by atoms with E-state index in [-0.39, 0.29) is 17.5 Å². The van der Waals surface area contributed by atoms with Crippen LogP contribution < -0.4 is 0 Å². The van der Waals surface area contributed by atoms with E-state index in [0.717, 1.165) is 30.2 Å². The van der Waals surface area contributed by atoms with Gasteiger partial charge in [0.05, 0.1) is 11.3 Å². The minimum Gasteiger partial charge on any atom is -0.511 e. The molecule has 1 aromatic rings. The predicted molar refractivity (Wildman–Crippen MR) is 116 cm³/mol. The number of aliphatic hydroxyl groups excluding tert-OH is 1. The highest BCUT2D eigenvalue weighted by atomic mass is 79.9. The molecule has 0 aliphatic heterocycles. The average Bonchev–Trinajstić information content (AvgIpc) is 3.13. The Balaban J connectivity index is 2.02. The maximum Gasteiger partial charge on any atom is 0.168 e. The van der Waals surface area contributed by atoms with Gasteiger partial charge in [-0.3, -0.25) is 4.79 Å². The fourth-order valence-corrected chi connectivity index (χ4v) is 5.49. The third kappa shape index (κ3) is 3.78. The van der Waals surface area contributed by atoms with E-state index >= 15 is 0 Å². The van der Waals surface area contributed by atoms with Crippen molar-refractivity contribution in [2.45, 2.75) is 78.6 Å². The standard InChI is InChI=1S/C23H30BrNO3/c1-5-8-18(25-28-6-2)22-19(26)11-15(12-20(22)27)21-17-10-7-9-16(17)13(3)14(4)23(21)24/h15,26H,5-12H2,1-4H3/b25-18+. The molecule has 0 saturated heterocycles. The number of carbonyl (C=O) groups is 1. The lowest BCUT2D eigenvalue weighted by atomic mass is 9.77. The highest BCUT2D eigenvalue weighted by Crippen LogP contribution is 2.45. The number of rotatable bonds is 6. The molecule has 0 radical (unpaired) electrons. The van der Waals surface area contributed by atoms with Crippen LogP contribution in [-0.4, -0.2) is 23.2 Å². The fourth-order valence-electron chi connectivity index (χ4n) is 4.63. The van der Waals surface area contributed by atoms with Crippen LogP contribution >= 0.6 is 15.9 Å². The minimum atomic E-state index is -0.0301. The van der Waals surface area contributed by atoms with E-state index in [1.807, 2.05) is 13.8 Å². The van der Waals surface area contributed by atoms with E-state index in [4.69, 9.17) is 4.84 Å². The van der Waals surface area contributed by atoms with E-state index in [1.54, 1.807) is 0 Å². The largest absolute Gasteiger partial charge is 0.511 e. The van der Waals surface area contributed by atoms with Gasteiger partial charge in [-0.05, 0) is 80.2 Å². The summed E-state index contributed by atoms with van der Waals surface area (Å²) >= 11 is 3.81. The second-order valence-electron chi connectivity index (χ2n) is 7.84. The van der Waals surface area contributed by atoms with Crippen molar-refractivity contribution >= 4 is 27.4 Å². The monoisotopic (exact) mass is 447 g/mol. The number of allylic oxidation sites excluding steroid dienone is 2. The lowest BCUT2D eigenvalue weighted by molar-refractivity contribution is -0.116. The van der Waals surface area contributed by atoms with Gasteiger partial charge in [-0.1, -0.05) is 34.4 Å². The molecule has 0 aromatic heterocycles. The summed E-state index contributed by atoms with van der Waals surface area (Å²) < 4.78 is 1.11. The van der Waals surface area contributed by atoms with Crippen LogP contribution in [0.2, 0.25) is 0 Å². The summed E-state index contributed by atoms with van der Waals surface area (Å²) in [5.74, 6) is 0.134. The van der Waals surface area contributed by atoms with Crippen LogP contribution in [0.1, 0.15) is 79.7 Å². The number of aliphatic hydroxyl groups is 1. The van der Waals surface area contributed by atoms with Gasteiger partial charge in [0.25, 0.3) is 0 Å². The lowest BCUT2D eigenvalue weighted by Crippen LogP contribution is -2.25. The van der Waals surface area contributed by atoms with Gasteiger partial charge >= 0.3 is 0 Å². The van der Waals surface area contributed by atoms with Gasteiger partial charge < -0.3 is 9.94 Å². The minimum absolute atomic E-state index is 0.00625. The van der Waals surface area contributed by atoms with Gasteiger partial charge in [0, 0.05) is 17.3 Å². The van der Waals surface area contributed by atoms with Crippen molar-refractivity contribution in [3.8, 4) is 0 Å². The molecule has 0 bridgehead atoms. The third-order valence-electron chi connectivity index (χ3n) is 6.05. The van der Waals surface area contributed by atoms with Gasteiger partial charge in [0.15, 0.2) is 5.78 Å². The molecule has 1 N–H and O–H groups in total. The summed E-state index contributed by atoms with van der Waals surface area (Å²) in [7, 11) is 0. The van der Waals surface area contributed by atoms with Gasteiger partial charge in [-0.25, -0.2) is 0 Å². The molecule has 28 heavy (non-hydrogen) atoms. The number of oxime groups is 1. The first kappa shape index (κ1) is 21.1.